The number of hydrogen-bond donors (Lipinski definition) is 2. The van der Waals surface area contributed by atoms with Gasteiger partial charge in [-0.15, -0.1) is 0 Å². The summed E-state index contributed by atoms with van der Waals surface area (Å²) in [6.07, 6.45) is 1.05. The zero-order chi connectivity index (χ0) is 10.6. The number of aromatic nitrogens is 2. The third-order valence-corrected chi connectivity index (χ3v) is 1.99. The molecule has 0 bridgehead atoms. The van der Waals surface area contributed by atoms with E-state index in [9.17, 15) is 4.79 Å². The minimum Gasteiger partial charge on any atom is -0.309 e. The molecule has 1 aromatic rings. The molecule has 1 aromatic heterocycles. The summed E-state index contributed by atoms with van der Waals surface area (Å²) in [6, 6.07) is 1.78. The number of H-pyrrole nitrogens is 1. The van der Waals surface area contributed by atoms with Crippen LogP contribution in [0.2, 0.25) is 0 Å². The fourth-order valence-electron chi connectivity index (χ4n) is 0.937. The number of rotatable bonds is 4. The van der Waals surface area contributed by atoms with Crippen LogP contribution in [0.1, 0.15) is 18.5 Å². The third-order valence-electron chi connectivity index (χ3n) is 1.60. The molecule has 2 N–H and O–H groups in total. The van der Waals surface area contributed by atoms with Crippen LogP contribution in [0.5, 0.6) is 0 Å². The van der Waals surface area contributed by atoms with Gasteiger partial charge in [0.05, 0.1) is 0 Å². The normalized spacial score (nSPS) is 9.86. The van der Waals surface area contributed by atoms with Crippen LogP contribution in [-0.2, 0) is 4.79 Å². The Morgan fingerprint density at radius 1 is 1.71 bits per heavy atom. The van der Waals surface area contributed by atoms with E-state index in [0.717, 1.165) is 10.2 Å². The van der Waals surface area contributed by atoms with Crippen LogP contribution >= 0.6 is 15.9 Å². The van der Waals surface area contributed by atoms with E-state index in [1.807, 2.05) is 6.92 Å². The summed E-state index contributed by atoms with van der Waals surface area (Å²) in [6.45, 7) is 5.53. The first kappa shape index (κ1) is 11.0. The lowest BCUT2D eigenvalue weighted by atomic mass is 10.3. The number of aromatic amines is 1. The Labute approximate surface area is 90.9 Å². The minimum absolute atomic E-state index is 0.0582. The number of aryl methyl sites for hydroxylation is 1. The topological polar surface area (TPSA) is 57.8 Å². The predicted octanol–water partition coefficient (Wildman–Crippen LogP) is 2.35. The Bertz CT molecular complexity index is 346. The molecule has 0 fully saturated rings. The van der Waals surface area contributed by atoms with Crippen LogP contribution < -0.4 is 5.32 Å². The van der Waals surface area contributed by atoms with Crippen molar-refractivity contribution in [1.82, 2.24) is 10.2 Å². The molecule has 0 unspecified atom stereocenters. The van der Waals surface area contributed by atoms with E-state index in [1.165, 1.54) is 0 Å². The highest BCUT2D eigenvalue weighted by Gasteiger charge is 2.04. The van der Waals surface area contributed by atoms with E-state index in [1.54, 1.807) is 6.07 Å². The quantitative estimate of drug-likeness (QED) is 0.870. The van der Waals surface area contributed by atoms with E-state index in [-0.39, 0.29) is 5.91 Å². The molecule has 0 radical (unpaired) electrons. The molecule has 0 aromatic carbocycles. The lowest BCUT2D eigenvalue weighted by Gasteiger charge is -1.99. The second-order valence-electron chi connectivity index (χ2n) is 3.00. The van der Waals surface area contributed by atoms with Crippen LogP contribution in [0.3, 0.4) is 0 Å². The van der Waals surface area contributed by atoms with Crippen LogP contribution in [0.15, 0.2) is 17.1 Å². The van der Waals surface area contributed by atoms with Crippen molar-refractivity contribution in [2.75, 3.05) is 5.32 Å². The molecule has 0 saturated heterocycles. The van der Waals surface area contributed by atoms with E-state index in [0.29, 0.717) is 18.7 Å². The molecule has 0 aliphatic rings. The molecule has 0 aliphatic heterocycles. The van der Waals surface area contributed by atoms with Gasteiger partial charge in [0.15, 0.2) is 5.82 Å². The smallest absolute Gasteiger partial charge is 0.225 e. The Morgan fingerprint density at radius 3 is 2.93 bits per heavy atom. The van der Waals surface area contributed by atoms with Crippen LogP contribution in [0.25, 0.3) is 0 Å². The van der Waals surface area contributed by atoms with Gasteiger partial charge in [-0.1, -0.05) is 22.5 Å². The average molecular weight is 258 g/mol. The number of carbonyl (C=O) groups excluding carboxylic acids is 1. The zero-order valence-electron chi connectivity index (χ0n) is 7.93. The molecule has 5 heteroatoms. The van der Waals surface area contributed by atoms with Gasteiger partial charge in [-0.05, 0) is 17.8 Å². The lowest BCUT2D eigenvalue weighted by molar-refractivity contribution is -0.116. The number of amides is 1. The molecule has 0 atom stereocenters. The van der Waals surface area contributed by atoms with Crippen LogP contribution in [0, 0.1) is 6.92 Å². The largest absolute Gasteiger partial charge is 0.309 e. The molecule has 0 saturated carbocycles. The molecular formula is C9H12BrN3O. The van der Waals surface area contributed by atoms with Crippen molar-refractivity contribution in [2.24, 2.45) is 0 Å². The van der Waals surface area contributed by atoms with Crippen molar-refractivity contribution in [3.05, 3.63) is 22.8 Å². The van der Waals surface area contributed by atoms with E-state index in [2.05, 4.69) is 38.0 Å². The number of anilines is 1. The summed E-state index contributed by atoms with van der Waals surface area (Å²) in [7, 11) is 0. The number of nitrogens with zero attached hydrogens (tertiary/aromatic N) is 1. The molecule has 1 heterocycles. The first-order chi connectivity index (χ1) is 6.58. The van der Waals surface area contributed by atoms with Gasteiger partial charge < -0.3 is 5.32 Å². The van der Waals surface area contributed by atoms with Gasteiger partial charge in [0.2, 0.25) is 5.91 Å². The Kier molecular flexibility index (Phi) is 3.88. The van der Waals surface area contributed by atoms with E-state index >= 15 is 0 Å². The number of nitrogens with one attached hydrogen (secondary N) is 2. The van der Waals surface area contributed by atoms with Crippen LogP contribution in [-0.4, -0.2) is 16.1 Å². The molecule has 0 aliphatic carbocycles. The highest BCUT2D eigenvalue weighted by Crippen LogP contribution is 2.11. The molecule has 0 spiro atoms. The first-order valence-electron chi connectivity index (χ1n) is 4.23. The van der Waals surface area contributed by atoms with Crippen molar-refractivity contribution in [2.45, 2.75) is 19.8 Å². The summed E-state index contributed by atoms with van der Waals surface area (Å²) >= 11 is 3.20. The van der Waals surface area contributed by atoms with E-state index in [4.69, 9.17) is 0 Å². The van der Waals surface area contributed by atoms with Crippen molar-refractivity contribution >= 4 is 27.7 Å². The molecule has 4 nitrogen and oxygen atoms in total. The maximum Gasteiger partial charge on any atom is 0.225 e. The zero-order valence-corrected chi connectivity index (χ0v) is 9.52. The maximum absolute atomic E-state index is 11.3. The van der Waals surface area contributed by atoms with Gasteiger partial charge in [0, 0.05) is 18.2 Å². The Morgan fingerprint density at radius 2 is 2.43 bits per heavy atom. The predicted molar refractivity (Wildman–Crippen MR) is 59.3 cm³/mol. The van der Waals surface area contributed by atoms with Gasteiger partial charge in [-0.25, -0.2) is 0 Å². The highest BCUT2D eigenvalue weighted by molar-refractivity contribution is 9.11. The average Bonchev–Trinajstić information content (AvgIpc) is 2.48. The van der Waals surface area contributed by atoms with Crippen LogP contribution in [0.4, 0.5) is 5.82 Å². The van der Waals surface area contributed by atoms with Gasteiger partial charge in [-0.3, -0.25) is 9.89 Å². The molecule has 1 amide bonds. The summed E-state index contributed by atoms with van der Waals surface area (Å²) in [5.41, 5.74) is 0.921. The molecule has 14 heavy (non-hydrogen) atoms. The maximum atomic E-state index is 11.3. The number of hydrogen-bond acceptors (Lipinski definition) is 2. The third kappa shape index (κ3) is 3.74. The fraction of sp³-hybridized carbons (Fsp3) is 0.333. The Balaban J connectivity index is 2.37. The highest BCUT2D eigenvalue weighted by atomic mass is 79.9. The number of halogens is 1. The summed E-state index contributed by atoms with van der Waals surface area (Å²) in [4.78, 5) is 11.3. The fourth-order valence-corrected chi connectivity index (χ4v) is 1.13. The molecule has 1 rings (SSSR count). The summed E-state index contributed by atoms with van der Waals surface area (Å²) in [5.74, 6) is 0.504. The second kappa shape index (κ2) is 4.95. The van der Waals surface area contributed by atoms with Gasteiger partial charge >= 0.3 is 0 Å². The minimum atomic E-state index is -0.0582. The summed E-state index contributed by atoms with van der Waals surface area (Å²) in [5, 5.41) is 9.31. The van der Waals surface area contributed by atoms with Crippen molar-refractivity contribution < 1.29 is 4.79 Å². The van der Waals surface area contributed by atoms with Crippen molar-refractivity contribution in [3.8, 4) is 0 Å². The SMILES string of the molecule is C=C(Br)CCC(=O)Nc1cc(C)[nH]n1. The van der Waals surface area contributed by atoms with E-state index < -0.39 is 0 Å². The van der Waals surface area contributed by atoms with Gasteiger partial charge in [0.25, 0.3) is 0 Å². The second-order valence-corrected chi connectivity index (χ2v) is 4.12. The first-order valence-corrected chi connectivity index (χ1v) is 5.02. The Hall–Kier alpha value is -1.10. The molecular weight excluding hydrogens is 246 g/mol. The summed E-state index contributed by atoms with van der Waals surface area (Å²) < 4.78 is 0.825. The number of allylic oxidation sites excluding steroid dienone is 1. The van der Waals surface area contributed by atoms with Gasteiger partial charge in [-0.2, -0.15) is 5.10 Å². The van der Waals surface area contributed by atoms with Crippen molar-refractivity contribution in [1.29, 1.82) is 0 Å². The lowest BCUT2D eigenvalue weighted by Crippen LogP contribution is -2.11. The van der Waals surface area contributed by atoms with Gasteiger partial charge in [0.1, 0.15) is 0 Å². The molecule has 76 valence electrons. The number of carbonyl (C=O) groups is 1. The monoisotopic (exact) mass is 257 g/mol. The van der Waals surface area contributed by atoms with Crippen molar-refractivity contribution in [3.63, 3.8) is 0 Å². The standard InChI is InChI=1S/C9H12BrN3O/c1-6(10)3-4-9(14)11-8-5-7(2)12-13-8/h5H,1,3-4H2,2H3,(H2,11,12,13,14).